The summed E-state index contributed by atoms with van der Waals surface area (Å²) in [7, 11) is 0. The van der Waals surface area contributed by atoms with Crippen LogP contribution in [0.1, 0.15) is 11.1 Å². The van der Waals surface area contributed by atoms with Gasteiger partial charge in [-0.25, -0.2) is 4.98 Å². The average Bonchev–Trinajstić information content (AvgIpc) is 2.88. The summed E-state index contributed by atoms with van der Waals surface area (Å²) in [5.41, 5.74) is 2.93. The topological polar surface area (TPSA) is 51.2 Å². The highest BCUT2D eigenvalue weighted by atomic mass is 32.1. The lowest BCUT2D eigenvalue weighted by molar-refractivity contribution is -0.118. The molecule has 5 heteroatoms. The Morgan fingerprint density at radius 3 is 2.59 bits per heavy atom. The Bertz CT molecular complexity index is 773. The number of rotatable bonds is 4. The number of anilines is 1. The number of carbonyl (C=O) groups excluding carboxylic acids is 1. The Labute approximate surface area is 132 Å². The Morgan fingerprint density at radius 2 is 1.86 bits per heavy atom. The molecule has 0 aliphatic carbocycles. The third-order valence-electron chi connectivity index (χ3n) is 3.30. The van der Waals surface area contributed by atoms with Gasteiger partial charge >= 0.3 is 0 Å². The number of amides is 1. The van der Waals surface area contributed by atoms with E-state index in [9.17, 15) is 4.79 Å². The summed E-state index contributed by atoms with van der Waals surface area (Å²) in [5, 5.41) is 3.38. The van der Waals surface area contributed by atoms with E-state index in [1.165, 1.54) is 11.3 Å². The highest BCUT2D eigenvalue weighted by molar-refractivity contribution is 7.22. The van der Waals surface area contributed by atoms with E-state index in [1.807, 2.05) is 56.3 Å². The molecule has 1 aromatic heterocycles. The largest absolute Gasteiger partial charge is 0.483 e. The molecule has 0 saturated heterocycles. The molecule has 0 aliphatic rings. The van der Waals surface area contributed by atoms with Crippen molar-refractivity contribution in [1.82, 2.24) is 4.98 Å². The lowest BCUT2D eigenvalue weighted by atomic mass is 10.1. The fourth-order valence-corrected chi connectivity index (χ4v) is 3.13. The second kappa shape index (κ2) is 6.15. The fourth-order valence-electron chi connectivity index (χ4n) is 2.25. The zero-order valence-electron chi connectivity index (χ0n) is 12.4. The van der Waals surface area contributed by atoms with Crippen LogP contribution < -0.4 is 10.1 Å². The van der Waals surface area contributed by atoms with Crippen molar-refractivity contribution in [2.24, 2.45) is 0 Å². The monoisotopic (exact) mass is 312 g/mol. The van der Waals surface area contributed by atoms with Gasteiger partial charge in [0.2, 0.25) is 0 Å². The van der Waals surface area contributed by atoms with Crippen molar-refractivity contribution in [2.75, 3.05) is 11.9 Å². The summed E-state index contributed by atoms with van der Waals surface area (Å²) in [5.74, 6) is 0.559. The van der Waals surface area contributed by atoms with E-state index in [0.717, 1.165) is 27.1 Å². The van der Waals surface area contributed by atoms with E-state index in [4.69, 9.17) is 4.74 Å². The van der Waals surface area contributed by atoms with Gasteiger partial charge in [0.25, 0.3) is 5.91 Å². The molecule has 1 heterocycles. The molecule has 0 spiro atoms. The SMILES string of the molecule is Cc1cccc(C)c1OCC(=O)Nc1nc2ccccc2s1. The van der Waals surface area contributed by atoms with Crippen molar-refractivity contribution in [3.05, 3.63) is 53.6 Å². The van der Waals surface area contributed by atoms with E-state index in [2.05, 4.69) is 10.3 Å². The van der Waals surface area contributed by atoms with E-state index in [0.29, 0.717) is 5.13 Å². The lowest BCUT2D eigenvalue weighted by Gasteiger charge is -2.11. The molecule has 0 radical (unpaired) electrons. The quantitative estimate of drug-likeness (QED) is 0.794. The second-order valence-corrected chi connectivity index (χ2v) is 6.08. The minimum atomic E-state index is -0.207. The highest BCUT2D eigenvalue weighted by Gasteiger charge is 2.10. The number of para-hydroxylation sites is 2. The van der Waals surface area contributed by atoms with Crippen molar-refractivity contribution in [3.63, 3.8) is 0 Å². The highest BCUT2D eigenvalue weighted by Crippen LogP contribution is 2.25. The van der Waals surface area contributed by atoms with E-state index in [-0.39, 0.29) is 12.5 Å². The number of hydrogen-bond acceptors (Lipinski definition) is 4. The molecule has 3 aromatic rings. The molecule has 0 bridgehead atoms. The summed E-state index contributed by atoms with van der Waals surface area (Å²) in [6.07, 6.45) is 0. The number of benzene rings is 2. The smallest absolute Gasteiger partial charge is 0.264 e. The van der Waals surface area contributed by atoms with Crippen LogP contribution in [0.3, 0.4) is 0 Å². The lowest BCUT2D eigenvalue weighted by Crippen LogP contribution is -2.20. The van der Waals surface area contributed by atoms with Gasteiger partial charge in [-0.15, -0.1) is 0 Å². The standard InChI is InChI=1S/C17H16N2O2S/c1-11-6-5-7-12(2)16(11)21-10-15(20)19-17-18-13-8-3-4-9-14(13)22-17/h3-9H,10H2,1-2H3,(H,18,19,20). The summed E-state index contributed by atoms with van der Waals surface area (Å²) >= 11 is 1.45. The van der Waals surface area contributed by atoms with E-state index in [1.54, 1.807) is 0 Å². The van der Waals surface area contributed by atoms with Gasteiger partial charge in [0, 0.05) is 0 Å². The average molecular weight is 312 g/mol. The van der Waals surface area contributed by atoms with Crippen molar-refractivity contribution in [2.45, 2.75) is 13.8 Å². The molecule has 22 heavy (non-hydrogen) atoms. The Balaban J connectivity index is 1.65. The van der Waals surface area contributed by atoms with Crippen molar-refractivity contribution in [3.8, 4) is 5.75 Å². The molecule has 0 atom stereocenters. The van der Waals surface area contributed by atoms with Crippen molar-refractivity contribution >= 4 is 32.6 Å². The normalized spacial score (nSPS) is 10.6. The summed E-state index contributed by atoms with van der Waals surface area (Å²) in [6.45, 7) is 3.91. The summed E-state index contributed by atoms with van der Waals surface area (Å²) in [6, 6.07) is 13.7. The maximum atomic E-state index is 12.0. The Hall–Kier alpha value is -2.40. The first-order chi connectivity index (χ1) is 10.6. The van der Waals surface area contributed by atoms with Crippen LogP contribution in [-0.2, 0) is 4.79 Å². The number of nitrogens with zero attached hydrogens (tertiary/aromatic N) is 1. The van der Waals surface area contributed by atoms with Crippen LogP contribution in [0.15, 0.2) is 42.5 Å². The molecule has 4 nitrogen and oxygen atoms in total. The van der Waals surface area contributed by atoms with E-state index >= 15 is 0 Å². The number of carbonyl (C=O) groups is 1. The van der Waals surface area contributed by atoms with Crippen LogP contribution >= 0.6 is 11.3 Å². The first-order valence-corrected chi connectivity index (χ1v) is 7.79. The number of aryl methyl sites for hydroxylation is 2. The predicted octanol–water partition coefficient (Wildman–Crippen LogP) is 3.93. The third-order valence-corrected chi connectivity index (χ3v) is 4.25. The van der Waals surface area contributed by atoms with Crippen LogP contribution in [0.4, 0.5) is 5.13 Å². The van der Waals surface area contributed by atoms with Gasteiger partial charge in [0.1, 0.15) is 5.75 Å². The van der Waals surface area contributed by atoms with Crippen LogP contribution in [0.5, 0.6) is 5.75 Å². The first kappa shape index (κ1) is 14.5. The number of thiazole rings is 1. The zero-order valence-corrected chi connectivity index (χ0v) is 13.2. The van der Waals surface area contributed by atoms with Gasteiger partial charge in [0.15, 0.2) is 11.7 Å². The molecule has 0 saturated carbocycles. The molecular weight excluding hydrogens is 296 g/mol. The predicted molar refractivity (Wildman–Crippen MR) is 89.7 cm³/mol. The van der Waals surface area contributed by atoms with Gasteiger partial charge < -0.3 is 4.74 Å². The van der Waals surface area contributed by atoms with Crippen molar-refractivity contribution in [1.29, 1.82) is 0 Å². The van der Waals surface area contributed by atoms with Crippen LogP contribution in [0.2, 0.25) is 0 Å². The molecule has 112 valence electrons. The first-order valence-electron chi connectivity index (χ1n) is 6.98. The molecule has 0 unspecified atom stereocenters. The maximum Gasteiger partial charge on any atom is 0.264 e. The summed E-state index contributed by atoms with van der Waals surface area (Å²) in [4.78, 5) is 16.4. The third kappa shape index (κ3) is 3.09. The molecule has 1 N–H and O–H groups in total. The molecule has 3 rings (SSSR count). The van der Waals surface area contributed by atoms with Crippen molar-refractivity contribution < 1.29 is 9.53 Å². The molecule has 0 aliphatic heterocycles. The Kier molecular flexibility index (Phi) is 4.06. The molecule has 2 aromatic carbocycles. The number of ether oxygens (including phenoxy) is 1. The molecule has 0 fully saturated rings. The van der Waals surface area contributed by atoms with Crippen LogP contribution in [-0.4, -0.2) is 17.5 Å². The molecule has 1 amide bonds. The minimum Gasteiger partial charge on any atom is -0.483 e. The molecular formula is C17H16N2O2S. The van der Waals surface area contributed by atoms with Gasteiger partial charge in [-0.2, -0.15) is 0 Å². The van der Waals surface area contributed by atoms with Crippen LogP contribution in [0, 0.1) is 13.8 Å². The van der Waals surface area contributed by atoms with Gasteiger partial charge in [-0.3, -0.25) is 10.1 Å². The number of nitrogens with one attached hydrogen (secondary N) is 1. The number of fused-ring (bicyclic) bond motifs is 1. The van der Waals surface area contributed by atoms with E-state index < -0.39 is 0 Å². The number of hydrogen-bond donors (Lipinski definition) is 1. The second-order valence-electron chi connectivity index (χ2n) is 5.04. The van der Waals surface area contributed by atoms with Gasteiger partial charge in [0.05, 0.1) is 10.2 Å². The fraction of sp³-hybridized carbons (Fsp3) is 0.176. The zero-order chi connectivity index (χ0) is 15.5. The Morgan fingerprint density at radius 1 is 1.14 bits per heavy atom. The maximum absolute atomic E-state index is 12.0. The summed E-state index contributed by atoms with van der Waals surface area (Å²) < 4.78 is 6.69. The van der Waals surface area contributed by atoms with Crippen LogP contribution in [0.25, 0.3) is 10.2 Å². The minimum absolute atomic E-state index is 0.0262. The number of aromatic nitrogens is 1. The van der Waals surface area contributed by atoms with Gasteiger partial charge in [-0.05, 0) is 37.1 Å². The van der Waals surface area contributed by atoms with Gasteiger partial charge in [-0.1, -0.05) is 41.7 Å².